The average molecular weight is 335 g/mol. The lowest BCUT2D eigenvalue weighted by molar-refractivity contribution is -0.140. The molecule has 136 valence electrons. The SMILES string of the molecule is CCCCC/C=C/C/C=C\C/C=C\C[C@@H]1O[C@@H]1CCCC(=O)OC. The van der Waals surface area contributed by atoms with Gasteiger partial charge in [0, 0.05) is 6.42 Å². The number of allylic oxidation sites excluding steroid dienone is 5. The smallest absolute Gasteiger partial charge is 0.305 e. The summed E-state index contributed by atoms with van der Waals surface area (Å²) in [5.41, 5.74) is 0. The zero-order valence-electron chi connectivity index (χ0n) is 15.4. The second-order valence-corrected chi connectivity index (χ2v) is 6.30. The molecule has 0 aromatic carbocycles. The van der Waals surface area contributed by atoms with E-state index in [0.717, 1.165) is 32.1 Å². The molecule has 1 heterocycles. The van der Waals surface area contributed by atoms with Gasteiger partial charge in [0.2, 0.25) is 0 Å². The highest BCUT2D eigenvalue weighted by Gasteiger charge is 2.36. The monoisotopic (exact) mass is 334 g/mol. The molecule has 0 spiro atoms. The van der Waals surface area contributed by atoms with E-state index in [1.807, 2.05) is 0 Å². The Kier molecular flexibility index (Phi) is 12.1. The summed E-state index contributed by atoms with van der Waals surface area (Å²) in [4.78, 5) is 11.0. The summed E-state index contributed by atoms with van der Waals surface area (Å²) in [5, 5.41) is 0. The number of rotatable bonds is 14. The number of carbonyl (C=O) groups excluding carboxylic acids is 1. The maximum atomic E-state index is 11.0. The molecule has 3 heteroatoms. The minimum Gasteiger partial charge on any atom is -0.469 e. The van der Waals surface area contributed by atoms with Crippen molar-refractivity contribution in [3.8, 4) is 0 Å². The number of hydrogen-bond donors (Lipinski definition) is 0. The number of epoxide rings is 1. The van der Waals surface area contributed by atoms with E-state index >= 15 is 0 Å². The summed E-state index contributed by atoms with van der Waals surface area (Å²) in [6.45, 7) is 2.24. The van der Waals surface area contributed by atoms with E-state index in [1.54, 1.807) is 0 Å². The van der Waals surface area contributed by atoms with Gasteiger partial charge in [0.1, 0.15) is 0 Å². The number of carbonyl (C=O) groups is 1. The van der Waals surface area contributed by atoms with Crippen molar-refractivity contribution in [3.05, 3.63) is 36.5 Å². The van der Waals surface area contributed by atoms with Crippen LogP contribution >= 0.6 is 0 Å². The molecule has 0 saturated carbocycles. The van der Waals surface area contributed by atoms with Crippen molar-refractivity contribution >= 4 is 5.97 Å². The molecular formula is C21H34O3. The normalized spacial score (nSPS) is 20.4. The van der Waals surface area contributed by atoms with E-state index in [2.05, 4.69) is 48.1 Å². The molecule has 1 rings (SSSR count). The van der Waals surface area contributed by atoms with Gasteiger partial charge in [-0.25, -0.2) is 0 Å². The van der Waals surface area contributed by atoms with Crippen molar-refractivity contribution in [2.45, 2.75) is 83.3 Å². The molecular weight excluding hydrogens is 300 g/mol. The molecule has 1 aliphatic heterocycles. The summed E-state index contributed by atoms with van der Waals surface area (Å²) in [5.74, 6) is -0.130. The molecule has 0 radical (unpaired) electrons. The van der Waals surface area contributed by atoms with E-state index in [0.29, 0.717) is 18.6 Å². The number of methoxy groups -OCH3 is 1. The minimum absolute atomic E-state index is 0.130. The van der Waals surface area contributed by atoms with E-state index < -0.39 is 0 Å². The molecule has 0 bridgehead atoms. The molecule has 1 saturated heterocycles. The summed E-state index contributed by atoms with van der Waals surface area (Å²) >= 11 is 0. The van der Waals surface area contributed by atoms with Crippen LogP contribution in [0.25, 0.3) is 0 Å². The minimum atomic E-state index is -0.130. The summed E-state index contributed by atoms with van der Waals surface area (Å²) in [6, 6.07) is 0. The Morgan fingerprint density at radius 1 is 0.958 bits per heavy atom. The van der Waals surface area contributed by atoms with Crippen LogP contribution in [0.3, 0.4) is 0 Å². The highest BCUT2D eigenvalue weighted by Crippen LogP contribution is 2.30. The Labute approximate surface area is 147 Å². The first kappa shape index (κ1) is 20.7. The number of esters is 1. The zero-order valence-corrected chi connectivity index (χ0v) is 15.4. The molecule has 0 aromatic rings. The maximum absolute atomic E-state index is 11.0. The van der Waals surface area contributed by atoms with E-state index in [1.165, 1.54) is 32.8 Å². The number of hydrogen-bond acceptors (Lipinski definition) is 3. The lowest BCUT2D eigenvalue weighted by Crippen LogP contribution is -2.01. The average Bonchev–Trinajstić information content (AvgIpc) is 3.34. The number of ether oxygens (including phenoxy) is 2. The van der Waals surface area contributed by atoms with Crippen molar-refractivity contribution in [3.63, 3.8) is 0 Å². The zero-order chi connectivity index (χ0) is 17.5. The molecule has 1 fully saturated rings. The topological polar surface area (TPSA) is 38.8 Å². The Morgan fingerprint density at radius 3 is 2.38 bits per heavy atom. The molecule has 1 aliphatic rings. The molecule has 0 aliphatic carbocycles. The first-order valence-corrected chi connectivity index (χ1v) is 9.45. The lowest BCUT2D eigenvalue weighted by atomic mass is 10.1. The predicted octanol–water partition coefficient (Wildman–Crippen LogP) is 5.52. The molecule has 3 nitrogen and oxygen atoms in total. The second-order valence-electron chi connectivity index (χ2n) is 6.30. The number of unbranched alkanes of at least 4 members (excludes halogenated alkanes) is 3. The standard InChI is InChI=1S/C21H34O3/c1-3-4-5-6-7-8-9-10-11-12-13-14-16-19-20(24-19)17-15-18-21(22)23-2/h7-8,10-11,13-14,19-20H,3-6,9,12,15-18H2,1-2H3/b8-7+,11-10-,14-13-/t19-,20+/m0/s1. The van der Waals surface area contributed by atoms with Crippen LogP contribution in [0, 0.1) is 0 Å². The van der Waals surface area contributed by atoms with Gasteiger partial charge < -0.3 is 9.47 Å². The largest absolute Gasteiger partial charge is 0.469 e. The Morgan fingerprint density at radius 2 is 1.67 bits per heavy atom. The quantitative estimate of drug-likeness (QED) is 0.182. The van der Waals surface area contributed by atoms with Crippen LogP contribution in [0.5, 0.6) is 0 Å². The first-order chi connectivity index (χ1) is 11.8. The van der Waals surface area contributed by atoms with Gasteiger partial charge in [0.25, 0.3) is 0 Å². The van der Waals surface area contributed by atoms with Gasteiger partial charge in [0.05, 0.1) is 19.3 Å². The second kappa shape index (κ2) is 14.0. The predicted molar refractivity (Wildman–Crippen MR) is 99.9 cm³/mol. The van der Waals surface area contributed by atoms with Crippen molar-refractivity contribution in [1.82, 2.24) is 0 Å². The fourth-order valence-electron chi connectivity index (χ4n) is 2.59. The third kappa shape index (κ3) is 11.2. The van der Waals surface area contributed by atoms with E-state index in [9.17, 15) is 4.79 Å². The maximum Gasteiger partial charge on any atom is 0.305 e. The van der Waals surface area contributed by atoms with Crippen LogP contribution in [0.4, 0.5) is 0 Å². The Hall–Kier alpha value is -1.35. The van der Waals surface area contributed by atoms with Crippen molar-refractivity contribution in [1.29, 1.82) is 0 Å². The molecule has 0 N–H and O–H groups in total. The van der Waals surface area contributed by atoms with E-state index in [-0.39, 0.29) is 5.97 Å². The fourth-order valence-corrected chi connectivity index (χ4v) is 2.59. The molecule has 0 unspecified atom stereocenters. The fraction of sp³-hybridized carbons (Fsp3) is 0.667. The summed E-state index contributed by atoms with van der Waals surface area (Å²) in [6.07, 6.45) is 24.6. The molecule has 0 aromatic heterocycles. The van der Waals surface area contributed by atoms with Crippen LogP contribution in [0.15, 0.2) is 36.5 Å². The van der Waals surface area contributed by atoms with Gasteiger partial charge in [-0.15, -0.1) is 0 Å². The molecule has 0 amide bonds. The van der Waals surface area contributed by atoms with Crippen LogP contribution in [-0.2, 0) is 14.3 Å². The van der Waals surface area contributed by atoms with Crippen LogP contribution in [-0.4, -0.2) is 25.3 Å². The van der Waals surface area contributed by atoms with Gasteiger partial charge in [-0.05, 0) is 44.9 Å². The Balaban J connectivity index is 1.92. The van der Waals surface area contributed by atoms with Crippen molar-refractivity contribution in [2.75, 3.05) is 7.11 Å². The van der Waals surface area contributed by atoms with Gasteiger partial charge in [-0.3, -0.25) is 4.79 Å². The molecule has 24 heavy (non-hydrogen) atoms. The molecule has 2 atom stereocenters. The van der Waals surface area contributed by atoms with Crippen LogP contribution < -0.4 is 0 Å². The third-order valence-corrected chi connectivity index (χ3v) is 4.17. The lowest BCUT2D eigenvalue weighted by Gasteiger charge is -1.96. The van der Waals surface area contributed by atoms with Crippen LogP contribution in [0.2, 0.25) is 0 Å². The van der Waals surface area contributed by atoms with Crippen LogP contribution in [0.1, 0.15) is 71.1 Å². The van der Waals surface area contributed by atoms with Crippen molar-refractivity contribution < 1.29 is 14.3 Å². The Bertz CT molecular complexity index is 409. The highest BCUT2D eigenvalue weighted by molar-refractivity contribution is 5.68. The van der Waals surface area contributed by atoms with Gasteiger partial charge in [0.15, 0.2) is 0 Å². The van der Waals surface area contributed by atoms with Gasteiger partial charge in [-0.1, -0.05) is 56.2 Å². The van der Waals surface area contributed by atoms with E-state index in [4.69, 9.17) is 4.74 Å². The summed E-state index contributed by atoms with van der Waals surface area (Å²) in [7, 11) is 1.43. The first-order valence-electron chi connectivity index (χ1n) is 9.45. The van der Waals surface area contributed by atoms with Gasteiger partial charge >= 0.3 is 5.97 Å². The summed E-state index contributed by atoms with van der Waals surface area (Å²) < 4.78 is 10.2. The van der Waals surface area contributed by atoms with Gasteiger partial charge in [-0.2, -0.15) is 0 Å². The van der Waals surface area contributed by atoms with Crippen molar-refractivity contribution in [2.24, 2.45) is 0 Å². The third-order valence-electron chi connectivity index (χ3n) is 4.17. The highest BCUT2D eigenvalue weighted by atomic mass is 16.6.